The summed E-state index contributed by atoms with van der Waals surface area (Å²) in [7, 11) is 1.58. The van der Waals surface area contributed by atoms with Crippen molar-refractivity contribution in [2.75, 3.05) is 20.2 Å². The molecule has 1 aromatic carbocycles. The number of rotatable bonds is 3. The maximum Gasteiger partial charge on any atom is 0.259 e. The molecule has 0 N–H and O–H groups in total. The van der Waals surface area contributed by atoms with Gasteiger partial charge in [0, 0.05) is 24.7 Å². The lowest BCUT2D eigenvalue weighted by Crippen LogP contribution is -2.34. The Labute approximate surface area is 122 Å². The molecular formula is C16H18N2O3. The maximum atomic E-state index is 12.5. The summed E-state index contributed by atoms with van der Waals surface area (Å²) in [4.78, 5) is 26.5. The van der Waals surface area contributed by atoms with Crippen molar-refractivity contribution < 1.29 is 9.53 Å². The summed E-state index contributed by atoms with van der Waals surface area (Å²) in [6.07, 6.45) is 3.77. The SMILES string of the molecule is COc1cccc2c(=O)n(CC(=O)N3CCCC3)ccc12. The molecule has 5 nitrogen and oxygen atoms in total. The van der Waals surface area contributed by atoms with E-state index in [0.29, 0.717) is 11.1 Å². The van der Waals surface area contributed by atoms with Gasteiger partial charge >= 0.3 is 0 Å². The van der Waals surface area contributed by atoms with Gasteiger partial charge in [0.15, 0.2) is 0 Å². The van der Waals surface area contributed by atoms with E-state index in [0.717, 1.165) is 31.3 Å². The standard InChI is InChI=1S/C16H18N2O3/c1-21-14-6-4-5-13-12(14)7-10-18(16(13)20)11-15(19)17-8-2-3-9-17/h4-7,10H,2-3,8-9,11H2,1H3. The summed E-state index contributed by atoms with van der Waals surface area (Å²) in [6, 6.07) is 7.19. The molecule has 0 saturated carbocycles. The van der Waals surface area contributed by atoms with E-state index < -0.39 is 0 Å². The number of methoxy groups -OCH3 is 1. The summed E-state index contributed by atoms with van der Waals surface area (Å²) in [5, 5.41) is 1.35. The van der Waals surface area contributed by atoms with Crippen LogP contribution in [0.2, 0.25) is 0 Å². The molecule has 1 aliphatic rings. The molecule has 0 bridgehead atoms. The van der Waals surface area contributed by atoms with Gasteiger partial charge in [-0.1, -0.05) is 6.07 Å². The van der Waals surface area contributed by atoms with Crippen molar-refractivity contribution >= 4 is 16.7 Å². The fraction of sp³-hybridized carbons (Fsp3) is 0.375. The van der Waals surface area contributed by atoms with Crippen molar-refractivity contribution in [1.29, 1.82) is 0 Å². The van der Waals surface area contributed by atoms with Crippen molar-refractivity contribution in [3.8, 4) is 5.75 Å². The number of aromatic nitrogens is 1. The van der Waals surface area contributed by atoms with E-state index in [1.807, 2.05) is 17.0 Å². The van der Waals surface area contributed by atoms with Gasteiger partial charge in [0.2, 0.25) is 5.91 Å². The third-order valence-corrected chi connectivity index (χ3v) is 3.96. The number of likely N-dealkylation sites (tertiary alicyclic amines) is 1. The molecule has 5 heteroatoms. The first kappa shape index (κ1) is 13.7. The number of ether oxygens (including phenoxy) is 1. The highest BCUT2D eigenvalue weighted by molar-refractivity contribution is 5.87. The smallest absolute Gasteiger partial charge is 0.259 e. The molecule has 1 aliphatic heterocycles. The van der Waals surface area contributed by atoms with Crippen LogP contribution in [0.4, 0.5) is 0 Å². The predicted molar refractivity (Wildman–Crippen MR) is 80.6 cm³/mol. The van der Waals surface area contributed by atoms with Crippen LogP contribution in [0, 0.1) is 0 Å². The van der Waals surface area contributed by atoms with E-state index in [1.165, 1.54) is 4.57 Å². The zero-order chi connectivity index (χ0) is 14.8. The van der Waals surface area contributed by atoms with Gasteiger partial charge in [-0.3, -0.25) is 9.59 Å². The predicted octanol–water partition coefficient (Wildman–Crippen LogP) is 1.63. The van der Waals surface area contributed by atoms with Crippen LogP contribution in [0.3, 0.4) is 0 Å². The average Bonchev–Trinajstić information content (AvgIpc) is 3.04. The molecule has 1 aromatic heterocycles. The number of amides is 1. The zero-order valence-corrected chi connectivity index (χ0v) is 12.0. The average molecular weight is 286 g/mol. The number of hydrogen-bond acceptors (Lipinski definition) is 3. The molecule has 110 valence electrons. The minimum atomic E-state index is -0.154. The molecule has 1 amide bonds. The van der Waals surface area contributed by atoms with Crippen molar-refractivity contribution in [3.05, 3.63) is 40.8 Å². The molecule has 0 radical (unpaired) electrons. The highest BCUT2D eigenvalue weighted by atomic mass is 16.5. The van der Waals surface area contributed by atoms with Gasteiger partial charge < -0.3 is 14.2 Å². The van der Waals surface area contributed by atoms with Crippen molar-refractivity contribution in [2.24, 2.45) is 0 Å². The normalized spacial score (nSPS) is 14.6. The van der Waals surface area contributed by atoms with Gasteiger partial charge in [-0.05, 0) is 31.0 Å². The van der Waals surface area contributed by atoms with Crippen molar-refractivity contribution in [2.45, 2.75) is 19.4 Å². The van der Waals surface area contributed by atoms with E-state index >= 15 is 0 Å². The molecular weight excluding hydrogens is 268 g/mol. The van der Waals surface area contributed by atoms with Crippen molar-refractivity contribution in [1.82, 2.24) is 9.47 Å². The van der Waals surface area contributed by atoms with E-state index in [4.69, 9.17) is 4.74 Å². The van der Waals surface area contributed by atoms with Crippen LogP contribution in [0.5, 0.6) is 5.75 Å². The first-order valence-electron chi connectivity index (χ1n) is 7.14. The van der Waals surface area contributed by atoms with Crippen LogP contribution in [0.15, 0.2) is 35.3 Å². The molecule has 2 aromatic rings. The lowest BCUT2D eigenvalue weighted by molar-refractivity contribution is -0.130. The molecule has 1 fully saturated rings. The van der Waals surface area contributed by atoms with Crippen LogP contribution in [-0.4, -0.2) is 35.6 Å². The number of fused-ring (bicyclic) bond motifs is 1. The fourth-order valence-corrected chi connectivity index (χ4v) is 2.80. The van der Waals surface area contributed by atoms with Crippen molar-refractivity contribution in [3.63, 3.8) is 0 Å². The highest BCUT2D eigenvalue weighted by Gasteiger charge is 2.18. The Bertz CT molecular complexity index is 730. The van der Waals surface area contributed by atoms with Gasteiger partial charge in [-0.2, -0.15) is 0 Å². The summed E-state index contributed by atoms with van der Waals surface area (Å²) in [6.45, 7) is 1.70. The first-order valence-corrected chi connectivity index (χ1v) is 7.14. The third kappa shape index (κ3) is 2.51. The second-order valence-electron chi connectivity index (χ2n) is 5.26. The third-order valence-electron chi connectivity index (χ3n) is 3.96. The summed E-state index contributed by atoms with van der Waals surface area (Å²) in [5.41, 5.74) is -0.154. The number of carbonyl (C=O) groups excluding carboxylic acids is 1. The van der Waals surface area contributed by atoms with Crippen LogP contribution in [0.1, 0.15) is 12.8 Å². The second kappa shape index (κ2) is 5.60. The molecule has 0 atom stereocenters. The highest BCUT2D eigenvalue weighted by Crippen LogP contribution is 2.22. The first-order chi connectivity index (χ1) is 10.2. The van der Waals surface area contributed by atoms with E-state index in [9.17, 15) is 9.59 Å². The molecule has 21 heavy (non-hydrogen) atoms. The summed E-state index contributed by atoms with van der Waals surface area (Å²) in [5.74, 6) is 0.680. The van der Waals surface area contributed by atoms with E-state index in [1.54, 1.807) is 25.4 Å². The molecule has 0 aliphatic carbocycles. The van der Waals surface area contributed by atoms with Crippen LogP contribution in [0.25, 0.3) is 10.8 Å². The fourth-order valence-electron chi connectivity index (χ4n) is 2.80. The maximum absolute atomic E-state index is 12.5. The van der Waals surface area contributed by atoms with Gasteiger partial charge in [-0.15, -0.1) is 0 Å². The Hall–Kier alpha value is -2.30. The number of carbonyl (C=O) groups is 1. The Morgan fingerprint density at radius 2 is 1.95 bits per heavy atom. The number of nitrogens with zero attached hydrogens (tertiary/aromatic N) is 2. The quantitative estimate of drug-likeness (QED) is 0.862. The lowest BCUT2D eigenvalue weighted by Gasteiger charge is -2.16. The second-order valence-corrected chi connectivity index (χ2v) is 5.26. The molecule has 0 unspecified atom stereocenters. The Balaban J connectivity index is 1.95. The number of pyridine rings is 1. The minimum Gasteiger partial charge on any atom is -0.496 e. The van der Waals surface area contributed by atoms with Crippen LogP contribution >= 0.6 is 0 Å². The molecule has 2 heterocycles. The number of hydrogen-bond donors (Lipinski definition) is 0. The van der Waals surface area contributed by atoms with Gasteiger partial charge in [-0.25, -0.2) is 0 Å². The number of benzene rings is 1. The summed E-state index contributed by atoms with van der Waals surface area (Å²) >= 11 is 0. The topological polar surface area (TPSA) is 51.5 Å². The Morgan fingerprint density at radius 3 is 2.67 bits per heavy atom. The molecule has 3 rings (SSSR count). The monoisotopic (exact) mass is 286 g/mol. The zero-order valence-electron chi connectivity index (χ0n) is 12.0. The molecule has 0 spiro atoms. The van der Waals surface area contributed by atoms with Crippen LogP contribution in [-0.2, 0) is 11.3 Å². The van der Waals surface area contributed by atoms with Gasteiger partial charge in [0.1, 0.15) is 12.3 Å². The Morgan fingerprint density at radius 1 is 1.19 bits per heavy atom. The molecule has 1 saturated heterocycles. The van der Waals surface area contributed by atoms with Gasteiger partial charge in [0.05, 0.1) is 12.5 Å². The lowest BCUT2D eigenvalue weighted by atomic mass is 10.1. The van der Waals surface area contributed by atoms with Gasteiger partial charge in [0.25, 0.3) is 5.56 Å². The van der Waals surface area contributed by atoms with E-state index in [2.05, 4.69) is 0 Å². The Kier molecular flexibility index (Phi) is 3.64. The largest absolute Gasteiger partial charge is 0.496 e. The minimum absolute atomic E-state index is 0.0110. The summed E-state index contributed by atoms with van der Waals surface area (Å²) < 4.78 is 6.74. The van der Waals surface area contributed by atoms with Crippen LogP contribution < -0.4 is 10.3 Å². The van der Waals surface area contributed by atoms with E-state index in [-0.39, 0.29) is 18.0 Å².